The van der Waals surface area contributed by atoms with Gasteiger partial charge in [0.2, 0.25) is 0 Å². The maximum atomic E-state index is 5.74. The van der Waals surface area contributed by atoms with E-state index in [1.165, 1.54) is 23.3 Å². The third-order valence-electron chi connectivity index (χ3n) is 2.92. The summed E-state index contributed by atoms with van der Waals surface area (Å²) < 4.78 is 5.74. The first kappa shape index (κ1) is 14.1. The Morgan fingerprint density at radius 3 is 2.68 bits per heavy atom. The molecule has 0 unspecified atom stereocenters. The van der Waals surface area contributed by atoms with E-state index in [9.17, 15) is 0 Å². The van der Waals surface area contributed by atoms with E-state index in [-0.39, 0.29) is 0 Å². The van der Waals surface area contributed by atoms with Crippen LogP contribution in [0.25, 0.3) is 0 Å². The van der Waals surface area contributed by atoms with Gasteiger partial charge in [-0.1, -0.05) is 31.5 Å². The predicted octanol–water partition coefficient (Wildman–Crippen LogP) is 4.22. The van der Waals surface area contributed by atoms with Gasteiger partial charge in [0.05, 0.1) is 0 Å². The Bertz CT molecular complexity index is 450. The van der Waals surface area contributed by atoms with E-state index in [2.05, 4.69) is 41.9 Å². The van der Waals surface area contributed by atoms with Crippen LogP contribution < -0.4 is 10.1 Å². The molecule has 0 saturated carbocycles. The smallest absolute Gasteiger partial charge is 0.122 e. The molecule has 0 aliphatic carbocycles. The van der Waals surface area contributed by atoms with Crippen LogP contribution in [0.1, 0.15) is 30.2 Å². The minimum absolute atomic E-state index is 0.658. The third-order valence-corrected chi connectivity index (χ3v) is 3.77. The van der Waals surface area contributed by atoms with Crippen LogP contribution >= 0.6 is 11.3 Å². The fraction of sp³-hybridized carbons (Fsp3) is 0.375. The van der Waals surface area contributed by atoms with Gasteiger partial charge in [0, 0.05) is 11.4 Å². The second kappa shape index (κ2) is 7.97. The SMILES string of the molecule is CCCCNCc1ccc(OCc2cccs2)cc1. The van der Waals surface area contributed by atoms with E-state index < -0.39 is 0 Å². The molecule has 1 heterocycles. The molecular formula is C16H21NOS. The monoisotopic (exact) mass is 275 g/mol. The van der Waals surface area contributed by atoms with E-state index in [1.807, 2.05) is 12.1 Å². The highest BCUT2D eigenvalue weighted by Gasteiger charge is 1.98. The molecule has 1 aromatic heterocycles. The molecular weight excluding hydrogens is 254 g/mol. The van der Waals surface area contributed by atoms with E-state index in [0.717, 1.165) is 18.8 Å². The second-order valence-electron chi connectivity index (χ2n) is 4.54. The van der Waals surface area contributed by atoms with Gasteiger partial charge in [-0.3, -0.25) is 0 Å². The molecule has 1 aromatic carbocycles. The van der Waals surface area contributed by atoms with Crippen molar-refractivity contribution in [2.45, 2.75) is 32.9 Å². The summed E-state index contributed by atoms with van der Waals surface area (Å²) in [6.07, 6.45) is 2.48. The number of benzene rings is 1. The van der Waals surface area contributed by atoms with Crippen molar-refractivity contribution >= 4 is 11.3 Å². The molecule has 1 N–H and O–H groups in total. The molecule has 0 fully saturated rings. The quantitative estimate of drug-likeness (QED) is 0.728. The number of hydrogen-bond acceptors (Lipinski definition) is 3. The van der Waals surface area contributed by atoms with Crippen LogP contribution in [-0.2, 0) is 13.2 Å². The molecule has 0 bridgehead atoms. The van der Waals surface area contributed by atoms with Crippen molar-refractivity contribution in [1.29, 1.82) is 0 Å². The van der Waals surface area contributed by atoms with Gasteiger partial charge < -0.3 is 10.1 Å². The maximum absolute atomic E-state index is 5.74. The summed E-state index contributed by atoms with van der Waals surface area (Å²) >= 11 is 1.73. The van der Waals surface area contributed by atoms with Crippen LogP contribution in [0.4, 0.5) is 0 Å². The van der Waals surface area contributed by atoms with Gasteiger partial charge in [-0.2, -0.15) is 0 Å². The van der Waals surface area contributed by atoms with Crippen LogP contribution in [-0.4, -0.2) is 6.54 Å². The minimum Gasteiger partial charge on any atom is -0.488 e. The fourth-order valence-corrected chi connectivity index (χ4v) is 2.40. The molecule has 19 heavy (non-hydrogen) atoms. The van der Waals surface area contributed by atoms with Crippen molar-refractivity contribution in [2.24, 2.45) is 0 Å². The highest BCUT2D eigenvalue weighted by molar-refractivity contribution is 7.09. The highest BCUT2D eigenvalue weighted by atomic mass is 32.1. The van der Waals surface area contributed by atoms with E-state index in [0.29, 0.717) is 6.61 Å². The molecule has 0 aliphatic heterocycles. The Morgan fingerprint density at radius 2 is 2.00 bits per heavy atom. The lowest BCUT2D eigenvalue weighted by molar-refractivity contribution is 0.309. The Morgan fingerprint density at radius 1 is 1.16 bits per heavy atom. The van der Waals surface area contributed by atoms with E-state index >= 15 is 0 Å². The first-order valence-electron chi connectivity index (χ1n) is 6.83. The summed E-state index contributed by atoms with van der Waals surface area (Å²) in [5.41, 5.74) is 1.31. The molecule has 2 rings (SSSR count). The first-order valence-corrected chi connectivity index (χ1v) is 7.71. The molecule has 0 saturated heterocycles. The van der Waals surface area contributed by atoms with Gasteiger partial charge in [0.25, 0.3) is 0 Å². The topological polar surface area (TPSA) is 21.3 Å². The summed E-state index contributed by atoms with van der Waals surface area (Å²) in [5, 5.41) is 5.51. The number of ether oxygens (including phenoxy) is 1. The van der Waals surface area contributed by atoms with E-state index in [4.69, 9.17) is 4.74 Å². The van der Waals surface area contributed by atoms with Crippen molar-refractivity contribution in [3.63, 3.8) is 0 Å². The van der Waals surface area contributed by atoms with Gasteiger partial charge in [0.15, 0.2) is 0 Å². The van der Waals surface area contributed by atoms with Gasteiger partial charge in [0.1, 0.15) is 12.4 Å². The van der Waals surface area contributed by atoms with Crippen LogP contribution in [0, 0.1) is 0 Å². The lowest BCUT2D eigenvalue weighted by Gasteiger charge is -2.07. The zero-order valence-corrected chi connectivity index (χ0v) is 12.2. The van der Waals surface area contributed by atoms with Crippen LogP contribution in [0.15, 0.2) is 41.8 Å². The number of rotatable bonds is 8. The molecule has 3 heteroatoms. The molecule has 102 valence electrons. The zero-order chi connectivity index (χ0) is 13.3. The predicted molar refractivity (Wildman–Crippen MR) is 81.7 cm³/mol. The van der Waals surface area contributed by atoms with Gasteiger partial charge in [-0.05, 0) is 42.1 Å². The molecule has 0 radical (unpaired) electrons. The number of thiophene rings is 1. The molecule has 0 amide bonds. The average molecular weight is 275 g/mol. The largest absolute Gasteiger partial charge is 0.488 e. The summed E-state index contributed by atoms with van der Waals surface area (Å²) in [4.78, 5) is 1.25. The molecule has 0 atom stereocenters. The Balaban J connectivity index is 1.74. The molecule has 0 spiro atoms. The molecule has 2 aromatic rings. The standard InChI is InChI=1S/C16H21NOS/c1-2-3-10-17-12-14-6-8-15(9-7-14)18-13-16-5-4-11-19-16/h4-9,11,17H,2-3,10,12-13H2,1H3. The summed E-state index contributed by atoms with van der Waals surface area (Å²) in [6, 6.07) is 12.5. The van der Waals surface area contributed by atoms with Crippen LogP contribution in [0.5, 0.6) is 5.75 Å². The normalized spacial score (nSPS) is 10.6. The van der Waals surface area contributed by atoms with Crippen molar-refractivity contribution in [3.8, 4) is 5.75 Å². The lowest BCUT2D eigenvalue weighted by Crippen LogP contribution is -2.14. The molecule has 0 aliphatic rings. The van der Waals surface area contributed by atoms with Crippen molar-refractivity contribution < 1.29 is 4.74 Å². The van der Waals surface area contributed by atoms with Gasteiger partial charge in [-0.25, -0.2) is 0 Å². The van der Waals surface area contributed by atoms with Crippen LogP contribution in [0.2, 0.25) is 0 Å². The lowest BCUT2D eigenvalue weighted by atomic mass is 10.2. The van der Waals surface area contributed by atoms with Crippen LogP contribution in [0.3, 0.4) is 0 Å². The second-order valence-corrected chi connectivity index (χ2v) is 5.57. The first-order chi connectivity index (χ1) is 9.38. The summed E-state index contributed by atoms with van der Waals surface area (Å²) in [5.74, 6) is 0.936. The summed E-state index contributed by atoms with van der Waals surface area (Å²) in [6.45, 7) is 4.89. The van der Waals surface area contributed by atoms with Gasteiger partial charge in [-0.15, -0.1) is 11.3 Å². The third kappa shape index (κ3) is 5.05. The zero-order valence-electron chi connectivity index (χ0n) is 11.4. The highest BCUT2D eigenvalue weighted by Crippen LogP contribution is 2.16. The summed E-state index contributed by atoms with van der Waals surface area (Å²) in [7, 11) is 0. The van der Waals surface area contributed by atoms with Crippen molar-refractivity contribution in [2.75, 3.05) is 6.54 Å². The van der Waals surface area contributed by atoms with Crippen molar-refractivity contribution in [1.82, 2.24) is 5.32 Å². The fourth-order valence-electron chi connectivity index (χ4n) is 1.79. The Hall–Kier alpha value is -1.32. The molecule has 2 nitrogen and oxygen atoms in total. The van der Waals surface area contributed by atoms with Gasteiger partial charge >= 0.3 is 0 Å². The van der Waals surface area contributed by atoms with Crippen molar-refractivity contribution in [3.05, 3.63) is 52.2 Å². The maximum Gasteiger partial charge on any atom is 0.122 e. The Labute approximate surface area is 119 Å². The van der Waals surface area contributed by atoms with E-state index in [1.54, 1.807) is 11.3 Å². The average Bonchev–Trinajstić information content (AvgIpc) is 2.96. The minimum atomic E-state index is 0.658. The number of nitrogens with one attached hydrogen (secondary N) is 1. The number of unbranched alkanes of at least 4 members (excludes halogenated alkanes) is 1. The Kier molecular flexibility index (Phi) is 5.92. The number of hydrogen-bond donors (Lipinski definition) is 1.